The monoisotopic (exact) mass is 1140 g/mol. The lowest BCUT2D eigenvalue weighted by Gasteiger charge is -2.30. The number of nitrogens with one attached hydrogen (secondary N) is 1. The Morgan fingerprint density at radius 3 is 1.04 bits per heavy atom. The Balaban J connectivity index is 0.000000148. The van der Waals surface area contributed by atoms with Gasteiger partial charge in [-0.1, -0.05) is 205 Å². The molecule has 0 radical (unpaired) electrons. The number of benzene rings is 12. The van der Waals surface area contributed by atoms with Crippen LogP contribution >= 0.6 is 34.8 Å². The van der Waals surface area contributed by atoms with Crippen molar-refractivity contribution in [2.45, 2.75) is 13.7 Å². The van der Waals surface area contributed by atoms with E-state index in [0.717, 1.165) is 56.3 Å². The van der Waals surface area contributed by atoms with Gasteiger partial charge < -0.3 is 28.9 Å². The highest BCUT2D eigenvalue weighted by Gasteiger charge is 2.26. The van der Waals surface area contributed by atoms with Crippen LogP contribution in [0.15, 0.2) is 300 Å². The van der Waals surface area contributed by atoms with E-state index in [0.29, 0.717) is 64.8 Å². The highest BCUT2D eigenvalue weighted by Crippen LogP contribution is 2.50. The topological polar surface area (TPSA) is 48.0 Å². The maximum Gasteiger partial charge on any atom is 0.143 e. The van der Waals surface area contributed by atoms with Crippen molar-refractivity contribution in [1.82, 2.24) is 0 Å². The van der Waals surface area contributed by atoms with E-state index in [1.165, 1.54) is 0 Å². The van der Waals surface area contributed by atoms with Gasteiger partial charge in [0.25, 0.3) is 0 Å². The first kappa shape index (κ1) is 47.0. The van der Waals surface area contributed by atoms with E-state index in [1.807, 2.05) is 246 Å². The Hall–Kier alpha value is -9.69. The van der Waals surface area contributed by atoms with Crippen molar-refractivity contribution >= 4 is 141 Å². The summed E-state index contributed by atoms with van der Waals surface area (Å²) in [6.07, 6.45) is 3.31. The third-order valence-electron chi connectivity index (χ3n) is 14.1. The second-order valence-electron chi connectivity index (χ2n) is 19.3. The molecule has 2 heterocycles. The molecule has 14 aromatic rings. The van der Waals surface area contributed by atoms with Crippen molar-refractivity contribution in [3.63, 3.8) is 0 Å². The summed E-state index contributed by atoms with van der Waals surface area (Å²) in [6.45, 7) is -4.60. The second kappa shape index (κ2) is 24.6. The van der Waals surface area contributed by atoms with E-state index in [4.69, 9.17) is 51.9 Å². The predicted molar refractivity (Wildman–Crippen MR) is 352 cm³/mol. The van der Waals surface area contributed by atoms with Crippen LogP contribution in [0, 0.1) is 13.7 Å². The van der Waals surface area contributed by atoms with Gasteiger partial charge in [-0.05, 0) is 145 Å². The minimum Gasteiger partial charge on any atom is -0.461 e. The number of fused-ring (bicyclic) bond motifs is 6. The van der Waals surface area contributed by atoms with E-state index in [1.54, 1.807) is 30.7 Å². The summed E-state index contributed by atoms with van der Waals surface area (Å²) in [4.78, 5) is 6.09. The molecule has 0 bridgehead atoms. The van der Waals surface area contributed by atoms with Crippen molar-refractivity contribution in [2.24, 2.45) is 0 Å². The molecule has 83 heavy (non-hydrogen) atoms. The predicted octanol–water partition coefficient (Wildman–Crippen LogP) is 23.6. The van der Waals surface area contributed by atoms with Crippen molar-refractivity contribution in [2.75, 3.05) is 20.0 Å². The molecule has 0 saturated heterocycles. The Morgan fingerprint density at radius 2 is 0.639 bits per heavy atom. The number of aryl methyl sites for hydroxylation is 2. The fourth-order valence-electron chi connectivity index (χ4n) is 10.3. The van der Waals surface area contributed by atoms with Crippen molar-refractivity contribution in [3.8, 4) is 0 Å². The van der Waals surface area contributed by atoms with Crippen molar-refractivity contribution < 1.29 is 17.1 Å². The molecule has 6 nitrogen and oxygen atoms in total. The molecule has 12 aromatic carbocycles. The number of nitrogens with zero attached hydrogens (tertiary/aromatic N) is 3. The molecule has 0 saturated carbocycles. The molecule has 14 rings (SSSR count). The molecule has 0 aliphatic carbocycles. The van der Waals surface area contributed by atoms with Gasteiger partial charge in [-0.15, -0.1) is 0 Å². The van der Waals surface area contributed by atoms with Gasteiger partial charge in [0.1, 0.15) is 23.7 Å². The summed E-state index contributed by atoms with van der Waals surface area (Å²) in [6, 6.07) is 89.7. The van der Waals surface area contributed by atoms with Crippen LogP contribution in [0.4, 0.5) is 62.6 Å². The normalized spacial score (nSPS) is 12.3. The van der Waals surface area contributed by atoms with E-state index in [9.17, 15) is 0 Å². The van der Waals surface area contributed by atoms with Crippen LogP contribution in [0.3, 0.4) is 0 Å². The summed E-state index contributed by atoms with van der Waals surface area (Å²) in [5.74, 6) is 0. The molecule has 9 heteroatoms. The zero-order chi connectivity index (χ0) is 61.7. The first-order valence-electron chi connectivity index (χ1n) is 29.8. The largest absolute Gasteiger partial charge is 0.461 e. The Bertz CT molecular complexity index is 4650. The van der Waals surface area contributed by atoms with E-state index in [2.05, 4.69) is 34.5 Å². The number of anilines is 11. The first-order chi connectivity index (χ1) is 43.2. The molecular formula is C74H55Cl3N4O2. The molecule has 1 N–H and O–H groups in total. The summed E-state index contributed by atoms with van der Waals surface area (Å²) < 4.78 is 61.5. The third-order valence-corrected chi connectivity index (χ3v) is 15.3. The maximum atomic E-state index is 8.32. The average Bonchev–Trinajstić information content (AvgIpc) is 1.77. The zero-order valence-electron chi connectivity index (χ0n) is 50.5. The molecule has 2 aromatic heterocycles. The SMILES string of the molecule is [2H]C([2H])([2H])c1cc2c(N(c3ccccc3)c3cccc(Cl)c3Cl)coc2c2ccccc12.[2H]C([2H])([2H])c1cc2c(N(c3ccccc3)c3cccc(N(c4ccccc4)c4ccccc4)c3Cl)coc2c2ccccc12.c1ccc(Nc2ccccc2)cc1. The lowest BCUT2D eigenvalue weighted by atomic mass is 10.0. The molecule has 404 valence electrons. The lowest BCUT2D eigenvalue weighted by molar-refractivity contribution is 0.619. The lowest BCUT2D eigenvalue weighted by Crippen LogP contribution is -2.14. The smallest absolute Gasteiger partial charge is 0.143 e. The summed E-state index contributed by atoms with van der Waals surface area (Å²) in [5, 5.41) is 8.78. The highest BCUT2D eigenvalue weighted by atomic mass is 35.5. The van der Waals surface area contributed by atoms with Gasteiger partial charge in [0.15, 0.2) is 0 Å². The van der Waals surface area contributed by atoms with Gasteiger partial charge in [0.05, 0.1) is 43.5 Å². The molecule has 0 fully saturated rings. The number of furan rings is 2. The molecule has 0 unspecified atom stereocenters. The molecule has 0 spiro atoms. The second-order valence-corrected chi connectivity index (χ2v) is 20.5. The minimum atomic E-state index is -2.32. The van der Waals surface area contributed by atoms with Crippen LogP contribution < -0.4 is 20.0 Å². The van der Waals surface area contributed by atoms with Crippen LogP contribution in [-0.2, 0) is 0 Å². The Morgan fingerprint density at radius 1 is 0.313 bits per heavy atom. The number of halogens is 3. The fourth-order valence-corrected chi connectivity index (χ4v) is 11.0. The van der Waals surface area contributed by atoms with Gasteiger partial charge in [-0.3, -0.25) is 0 Å². The Labute approximate surface area is 506 Å². The van der Waals surface area contributed by atoms with Gasteiger partial charge in [0, 0.05) is 63.9 Å². The Kier molecular flexibility index (Phi) is 13.9. The van der Waals surface area contributed by atoms with Crippen LogP contribution in [-0.4, -0.2) is 0 Å². The number of rotatable bonds is 11. The standard InChI is InChI=1S/C37H27ClN2O.C25H17Cl2NO.C12H11N/c1-26-24-32-35(25-41-37(32)31-21-12-11-20-30(26)31)40(29-18-9-4-10-19-29)34-23-13-22-33(36(34)38)39(27-14-5-2-6-15-27)28-16-7-3-8-17-28;1-16-14-20-23(15-29-25(20)19-11-6-5-10-18(16)19)28(17-8-3-2-4-9-17)22-13-7-12-21(26)24(22)27;1-3-7-11(8-4-1)13-12-9-5-2-6-10-12/h2-25H,1H3;2-15H,1H3;1-10,13H/i2*1D3;. The molecule has 0 aliphatic rings. The highest BCUT2D eigenvalue weighted by molar-refractivity contribution is 6.44. The van der Waals surface area contributed by atoms with Gasteiger partial charge >= 0.3 is 0 Å². The van der Waals surface area contributed by atoms with Crippen molar-refractivity contribution in [1.29, 1.82) is 0 Å². The van der Waals surface area contributed by atoms with Crippen LogP contribution in [0.25, 0.3) is 43.5 Å². The number of hydrogen-bond acceptors (Lipinski definition) is 6. The maximum absolute atomic E-state index is 8.32. The van der Waals surface area contributed by atoms with E-state index in [-0.39, 0.29) is 11.1 Å². The van der Waals surface area contributed by atoms with Crippen molar-refractivity contribution in [3.05, 3.63) is 318 Å². The average molecular weight is 1140 g/mol. The quantitative estimate of drug-likeness (QED) is 0.139. The zero-order valence-corrected chi connectivity index (χ0v) is 46.8. The summed E-state index contributed by atoms with van der Waals surface area (Å²) >= 11 is 20.4. The number of hydrogen-bond donors (Lipinski definition) is 1. The van der Waals surface area contributed by atoms with Gasteiger partial charge in [-0.2, -0.15) is 0 Å². The van der Waals surface area contributed by atoms with E-state index < -0.39 is 13.7 Å². The van der Waals surface area contributed by atoms with Gasteiger partial charge in [-0.25, -0.2) is 0 Å². The third kappa shape index (κ3) is 11.2. The molecule has 0 aliphatic heterocycles. The van der Waals surface area contributed by atoms with E-state index >= 15 is 0 Å². The van der Waals surface area contributed by atoms with Crippen LogP contribution in [0.1, 0.15) is 19.4 Å². The van der Waals surface area contributed by atoms with Gasteiger partial charge in [0.2, 0.25) is 0 Å². The number of para-hydroxylation sites is 6. The molecule has 0 atom stereocenters. The molecule has 0 amide bonds. The fraction of sp³-hybridized carbons (Fsp3) is 0.0270. The van der Waals surface area contributed by atoms with Crippen LogP contribution in [0.5, 0.6) is 0 Å². The van der Waals surface area contributed by atoms with Crippen LogP contribution in [0.2, 0.25) is 15.1 Å². The summed E-state index contributed by atoms with van der Waals surface area (Å²) in [7, 11) is 0. The first-order valence-corrected chi connectivity index (χ1v) is 27.9. The molecular weight excluding hydrogens is 1080 g/mol. The summed E-state index contributed by atoms with van der Waals surface area (Å²) in [5.41, 5.74) is 11.2. The minimum absolute atomic E-state index is 0.272.